The number of carbonyl (C=O) groups excluding carboxylic acids is 2. The van der Waals surface area contributed by atoms with Crippen LogP contribution in [0, 0.1) is 0 Å². The average Bonchev–Trinajstić information content (AvgIpc) is 2.79. The largest absolute Gasteiger partial charge is 0.493 e. The molecule has 8 nitrogen and oxygen atoms in total. The van der Waals surface area contributed by atoms with Crippen LogP contribution in [0.25, 0.3) is 0 Å². The molecule has 2 rings (SSSR count). The van der Waals surface area contributed by atoms with Gasteiger partial charge in [-0.2, -0.15) is 0 Å². The molecule has 0 aliphatic carbocycles. The van der Waals surface area contributed by atoms with E-state index in [9.17, 15) is 9.59 Å². The first-order chi connectivity index (χ1) is 15.4. The van der Waals surface area contributed by atoms with Crippen molar-refractivity contribution in [1.29, 1.82) is 0 Å². The first-order valence-corrected chi connectivity index (χ1v) is 10.6. The summed E-state index contributed by atoms with van der Waals surface area (Å²) in [6.07, 6.45) is 0.185. The molecule has 0 bridgehead atoms. The van der Waals surface area contributed by atoms with Crippen molar-refractivity contribution in [3.05, 3.63) is 59.7 Å². The van der Waals surface area contributed by atoms with Crippen LogP contribution < -0.4 is 20.1 Å². The number of ether oxygens (including phenoxy) is 3. The summed E-state index contributed by atoms with van der Waals surface area (Å²) in [5.74, 6) is 1.06. The second-order valence-corrected chi connectivity index (χ2v) is 7.36. The van der Waals surface area contributed by atoms with Crippen LogP contribution in [0.1, 0.15) is 30.5 Å². The third-order valence-electron chi connectivity index (χ3n) is 4.85. The van der Waals surface area contributed by atoms with E-state index < -0.39 is 0 Å². The van der Waals surface area contributed by atoms with Crippen LogP contribution >= 0.6 is 0 Å². The summed E-state index contributed by atoms with van der Waals surface area (Å²) in [5, 5.41) is 5.72. The third kappa shape index (κ3) is 8.11. The molecule has 0 saturated heterocycles. The summed E-state index contributed by atoms with van der Waals surface area (Å²) < 4.78 is 16.0. The highest BCUT2D eigenvalue weighted by Crippen LogP contribution is 2.30. The number of urea groups is 1. The van der Waals surface area contributed by atoms with Crippen molar-refractivity contribution in [2.75, 3.05) is 41.0 Å². The summed E-state index contributed by atoms with van der Waals surface area (Å²) in [6, 6.07) is 14.8. The minimum Gasteiger partial charge on any atom is -0.493 e. The Kier molecular flexibility index (Phi) is 10.3. The summed E-state index contributed by atoms with van der Waals surface area (Å²) in [4.78, 5) is 26.1. The molecule has 0 aliphatic rings. The molecule has 3 amide bonds. The molecule has 174 valence electrons. The Labute approximate surface area is 189 Å². The van der Waals surface area contributed by atoms with Crippen molar-refractivity contribution < 1.29 is 23.8 Å². The highest BCUT2D eigenvalue weighted by molar-refractivity contribution is 5.78. The fourth-order valence-electron chi connectivity index (χ4n) is 3.05. The predicted molar refractivity (Wildman–Crippen MR) is 123 cm³/mol. The van der Waals surface area contributed by atoms with Crippen LogP contribution in [0.2, 0.25) is 0 Å². The maximum absolute atomic E-state index is 12.3. The molecule has 0 aromatic heterocycles. The normalized spacial score (nSPS) is 11.4. The van der Waals surface area contributed by atoms with E-state index in [2.05, 4.69) is 10.6 Å². The number of hydrogen-bond donors (Lipinski definition) is 2. The standard InChI is InChI=1S/C24H33N3O5/c1-18(20-10-11-21(22(16-20)31-4)32-15-14-30-3)26-23(28)12-13-25-24(29)27(2)17-19-8-6-5-7-9-19/h5-11,16,18H,12-15,17H2,1-4H3,(H,25,29)(H,26,28). The molecule has 32 heavy (non-hydrogen) atoms. The molecule has 2 N–H and O–H groups in total. The molecule has 2 aromatic carbocycles. The zero-order chi connectivity index (χ0) is 23.3. The van der Waals surface area contributed by atoms with Gasteiger partial charge in [-0.1, -0.05) is 36.4 Å². The molecule has 1 unspecified atom stereocenters. The second-order valence-electron chi connectivity index (χ2n) is 7.36. The van der Waals surface area contributed by atoms with Crippen molar-refractivity contribution in [3.8, 4) is 11.5 Å². The van der Waals surface area contributed by atoms with Crippen LogP contribution in [0.5, 0.6) is 11.5 Å². The van der Waals surface area contributed by atoms with E-state index in [1.54, 1.807) is 26.2 Å². The minimum absolute atomic E-state index is 0.150. The molecular weight excluding hydrogens is 410 g/mol. The summed E-state index contributed by atoms with van der Waals surface area (Å²) >= 11 is 0. The SMILES string of the molecule is COCCOc1ccc(C(C)NC(=O)CCNC(=O)N(C)Cc2ccccc2)cc1OC. The highest BCUT2D eigenvalue weighted by atomic mass is 16.5. The second kappa shape index (κ2) is 13.2. The molecule has 1 atom stereocenters. The first-order valence-electron chi connectivity index (χ1n) is 10.6. The molecule has 8 heteroatoms. The lowest BCUT2D eigenvalue weighted by Crippen LogP contribution is -2.39. The van der Waals surface area contributed by atoms with Gasteiger partial charge in [-0.05, 0) is 30.2 Å². The number of methoxy groups -OCH3 is 2. The molecule has 0 radical (unpaired) electrons. The smallest absolute Gasteiger partial charge is 0.317 e. The predicted octanol–water partition coefficient (Wildman–Crippen LogP) is 3.13. The van der Waals surface area contributed by atoms with Crippen molar-refractivity contribution in [3.63, 3.8) is 0 Å². The van der Waals surface area contributed by atoms with Crippen molar-refractivity contribution in [1.82, 2.24) is 15.5 Å². The quantitative estimate of drug-likeness (QED) is 0.492. The Morgan fingerprint density at radius 1 is 1.03 bits per heavy atom. The molecule has 2 aromatic rings. The highest BCUT2D eigenvalue weighted by Gasteiger charge is 2.14. The topological polar surface area (TPSA) is 89.1 Å². The Bertz CT molecular complexity index is 860. The van der Waals surface area contributed by atoms with Crippen LogP contribution in [-0.4, -0.2) is 57.9 Å². The number of amides is 3. The van der Waals surface area contributed by atoms with Crippen LogP contribution in [0.4, 0.5) is 4.79 Å². The molecular formula is C24H33N3O5. The summed E-state index contributed by atoms with van der Waals surface area (Å²) in [7, 11) is 4.91. The van der Waals surface area contributed by atoms with Gasteiger partial charge in [0.25, 0.3) is 0 Å². The van der Waals surface area contributed by atoms with Gasteiger partial charge in [0, 0.05) is 33.7 Å². The minimum atomic E-state index is -0.221. The van der Waals surface area contributed by atoms with Crippen LogP contribution in [-0.2, 0) is 16.1 Å². The van der Waals surface area contributed by atoms with E-state index in [1.165, 1.54) is 0 Å². The maximum Gasteiger partial charge on any atom is 0.317 e. The van der Waals surface area contributed by atoms with Crippen LogP contribution in [0.3, 0.4) is 0 Å². The lowest BCUT2D eigenvalue weighted by Gasteiger charge is -2.19. The van der Waals surface area contributed by atoms with E-state index in [0.29, 0.717) is 31.3 Å². The molecule has 0 aliphatic heterocycles. The van der Waals surface area contributed by atoms with Gasteiger partial charge in [-0.3, -0.25) is 4.79 Å². The van der Waals surface area contributed by atoms with E-state index in [-0.39, 0.29) is 30.9 Å². The van der Waals surface area contributed by atoms with Gasteiger partial charge in [0.1, 0.15) is 6.61 Å². The molecule has 0 fully saturated rings. The fourth-order valence-corrected chi connectivity index (χ4v) is 3.05. The van der Waals surface area contributed by atoms with Crippen molar-refractivity contribution >= 4 is 11.9 Å². The lowest BCUT2D eigenvalue weighted by atomic mass is 10.1. The third-order valence-corrected chi connectivity index (χ3v) is 4.85. The molecule has 0 spiro atoms. The van der Waals surface area contributed by atoms with Gasteiger partial charge in [-0.15, -0.1) is 0 Å². The van der Waals surface area contributed by atoms with Gasteiger partial charge >= 0.3 is 6.03 Å². The number of rotatable bonds is 12. The Morgan fingerprint density at radius 2 is 1.78 bits per heavy atom. The Balaban J connectivity index is 1.78. The Hall–Kier alpha value is -3.26. The molecule has 0 saturated carbocycles. The number of nitrogens with one attached hydrogen (secondary N) is 2. The van der Waals surface area contributed by atoms with Gasteiger partial charge in [0.15, 0.2) is 11.5 Å². The van der Waals surface area contributed by atoms with E-state index in [0.717, 1.165) is 11.1 Å². The lowest BCUT2D eigenvalue weighted by molar-refractivity contribution is -0.121. The number of carbonyl (C=O) groups is 2. The van der Waals surface area contributed by atoms with E-state index in [1.807, 2.05) is 55.5 Å². The fraction of sp³-hybridized carbons (Fsp3) is 0.417. The summed E-state index contributed by atoms with van der Waals surface area (Å²) in [6.45, 7) is 3.56. The van der Waals surface area contributed by atoms with Crippen LogP contribution in [0.15, 0.2) is 48.5 Å². The monoisotopic (exact) mass is 443 g/mol. The molecule has 0 heterocycles. The Morgan fingerprint density at radius 3 is 2.47 bits per heavy atom. The van der Waals surface area contributed by atoms with Gasteiger partial charge < -0.3 is 29.7 Å². The maximum atomic E-state index is 12.3. The number of hydrogen-bond acceptors (Lipinski definition) is 5. The van der Waals surface area contributed by atoms with Gasteiger partial charge in [-0.25, -0.2) is 4.79 Å². The van der Waals surface area contributed by atoms with Crippen molar-refractivity contribution in [2.45, 2.75) is 25.9 Å². The zero-order valence-electron chi connectivity index (χ0n) is 19.2. The number of benzene rings is 2. The first kappa shape index (κ1) is 25.0. The number of nitrogens with zero attached hydrogens (tertiary/aromatic N) is 1. The van der Waals surface area contributed by atoms with E-state index in [4.69, 9.17) is 14.2 Å². The summed E-state index contributed by atoms with van der Waals surface area (Å²) in [5.41, 5.74) is 1.93. The van der Waals surface area contributed by atoms with E-state index >= 15 is 0 Å². The van der Waals surface area contributed by atoms with Gasteiger partial charge in [0.05, 0.1) is 19.8 Å². The average molecular weight is 444 g/mol. The zero-order valence-corrected chi connectivity index (χ0v) is 19.2. The van der Waals surface area contributed by atoms with Crippen molar-refractivity contribution in [2.24, 2.45) is 0 Å². The van der Waals surface area contributed by atoms with Gasteiger partial charge in [0.2, 0.25) is 5.91 Å².